The Morgan fingerprint density at radius 2 is 2.18 bits per heavy atom. The van der Waals surface area contributed by atoms with Gasteiger partial charge < -0.3 is 16.6 Å². The molecule has 1 atom stereocenters. The number of halogens is 1. The van der Waals surface area contributed by atoms with Gasteiger partial charge in [-0.25, -0.2) is 4.39 Å². The summed E-state index contributed by atoms with van der Waals surface area (Å²) in [6, 6.07) is 0. The molecular formula is C11H20FN3O2. The Hall–Kier alpha value is -1.43. The van der Waals surface area contributed by atoms with Gasteiger partial charge in [-0.15, -0.1) is 0 Å². The normalized spacial score (nSPS) is 16.7. The van der Waals surface area contributed by atoms with Crippen LogP contribution in [0.25, 0.3) is 0 Å². The van der Waals surface area contributed by atoms with Crippen molar-refractivity contribution in [2.24, 2.45) is 16.5 Å². The quantitative estimate of drug-likeness (QED) is 0.268. The first-order chi connectivity index (χ1) is 7.79. The minimum atomic E-state index is -1.44. The predicted octanol–water partition coefficient (Wildman–Crippen LogP) is 0.842. The highest BCUT2D eigenvalue weighted by Crippen LogP contribution is 2.15. The average molecular weight is 245 g/mol. The number of carboxylic acids is 1. The SMILES string of the molecule is CC(N)=NCC/C=C(/CF)C[C@](C)(N)C(=O)O. The minimum absolute atomic E-state index is 0.00977. The smallest absolute Gasteiger partial charge is 0.323 e. The predicted molar refractivity (Wildman–Crippen MR) is 65.7 cm³/mol. The Labute approximate surface area is 100 Å². The molecule has 0 aromatic rings. The Balaban J connectivity index is 4.38. The summed E-state index contributed by atoms with van der Waals surface area (Å²) in [5, 5.41) is 8.82. The lowest BCUT2D eigenvalue weighted by Crippen LogP contribution is -2.45. The van der Waals surface area contributed by atoms with Crippen LogP contribution < -0.4 is 11.5 Å². The van der Waals surface area contributed by atoms with Crippen LogP contribution in [0.1, 0.15) is 26.7 Å². The second-order valence-corrected chi connectivity index (χ2v) is 4.21. The van der Waals surface area contributed by atoms with E-state index < -0.39 is 18.2 Å². The first kappa shape index (κ1) is 15.6. The van der Waals surface area contributed by atoms with E-state index in [1.165, 1.54) is 6.92 Å². The van der Waals surface area contributed by atoms with Crippen molar-refractivity contribution in [3.8, 4) is 0 Å². The van der Waals surface area contributed by atoms with Crippen LogP contribution in [0.5, 0.6) is 0 Å². The zero-order valence-electron chi connectivity index (χ0n) is 10.2. The Bertz CT molecular complexity index is 321. The van der Waals surface area contributed by atoms with Gasteiger partial charge in [0.05, 0.1) is 5.84 Å². The fraction of sp³-hybridized carbons (Fsp3) is 0.636. The molecule has 5 nitrogen and oxygen atoms in total. The fourth-order valence-electron chi connectivity index (χ4n) is 1.23. The molecule has 0 heterocycles. The standard InChI is InChI=1S/C11H20FN3O2/c1-8(13)15-5-3-4-9(7-12)6-11(2,14)10(16)17/h4H,3,5-7,14H2,1-2H3,(H2,13,15)(H,16,17)/b9-4+/t11-/m0/s1. The number of alkyl halides is 1. The number of carboxylic acid groups (broad SMARTS) is 1. The Kier molecular flexibility index (Phi) is 6.42. The van der Waals surface area contributed by atoms with Gasteiger partial charge in [-0.1, -0.05) is 6.08 Å². The third kappa shape index (κ3) is 6.68. The molecule has 0 bridgehead atoms. The minimum Gasteiger partial charge on any atom is -0.480 e. The van der Waals surface area contributed by atoms with Gasteiger partial charge in [0.1, 0.15) is 12.2 Å². The zero-order valence-corrected chi connectivity index (χ0v) is 10.2. The number of nitrogens with zero attached hydrogens (tertiary/aromatic N) is 1. The summed E-state index contributed by atoms with van der Waals surface area (Å²) in [6.07, 6.45) is 2.13. The molecule has 0 aliphatic rings. The molecule has 0 aromatic carbocycles. The van der Waals surface area contributed by atoms with Gasteiger partial charge in [-0.05, 0) is 32.3 Å². The highest BCUT2D eigenvalue weighted by molar-refractivity contribution is 5.78. The molecule has 0 saturated carbocycles. The van der Waals surface area contributed by atoms with Gasteiger partial charge >= 0.3 is 5.97 Å². The molecule has 0 amide bonds. The highest BCUT2D eigenvalue weighted by Gasteiger charge is 2.28. The number of aliphatic carboxylic acids is 1. The maximum absolute atomic E-state index is 12.7. The van der Waals surface area contributed by atoms with Crippen LogP contribution in [0, 0.1) is 0 Å². The second kappa shape index (κ2) is 7.01. The number of aliphatic imine (C=N–C) groups is 1. The third-order valence-corrected chi connectivity index (χ3v) is 2.18. The van der Waals surface area contributed by atoms with E-state index in [1.54, 1.807) is 13.0 Å². The summed E-state index contributed by atoms with van der Waals surface area (Å²) in [4.78, 5) is 14.7. The van der Waals surface area contributed by atoms with Crippen LogP contribution in [0.2, 0.25) is 0 Å². The lowest BCUT2D eigenvalue weighted by Gasteiger charge is -2.19. The van der Waals surface area contributed by atoms with Gasteiger partial charge in [0.2, 0.25) is 0 Å². The van der Waals surface area contributed by atoms with E-state index in [1.807, 2.05) is 0 Å². The van der Waals surface area contributed by atoms with E-state index in [0.29, 0.717) is 24.4 Å². The number of hydrogen-bond donors (Lipinski definition) is 3. The summed E-state index contributed by atoms with van der Waals surface area (Å²) in [6.45, 7) is 2.79. The van der Waals surface area contributed by atoms with E-state index in [9.17, 15) is 9.18 Å². The first-order valence-corrected chi connectivity index (χ1v) is 5.32. The van der Waals surface area contributed by atoms with Crippen LogP contribution in [-0.2, 0) is 4.79 Å². The molecule has 17 heavy (non-hydrogen) atoms. The van der Waals surface area contributed by atoms with E-state index in [4.69, 9.17) is 16.6 Å². The molecule has 6 heteroatoms. The molecular weight excluding hydrogens is 225 g/mol. The summed E-state index contributed by atoms with van der Waals surface area (Å²) >= 11 is 0. The maximum atomic E-state index is 12.7. The van der Waals surface area contributed by atoms with Crippen LogP contribution in [0.3, 0.4) is 0 Å². The van der Waals surface area contributed by atoms with Gasteiger partial charge in [-0.3, -0.25) is 9.79 Å². The zero-order chi connectivity index (χ0) is 13.5. The van der Waals surface area contributed by atoms with Gasteiger partial charge in [0.25, 0.3) is 0 Å². The average Bonchev–Trinajstić information content (AvgIpc) is 2.21. The molecule has 0 radical (unpaired) electrons. The molecule has 0 spiro atoms. The monoisotopic (exact) mass is 245 g/mol. The van der Waals surface area contributed by atoms with E-state index in [2.05, 4.69) is 4.99 Å². The van der Waals surface area contributed by atoms with Crippen molar-refractivity contribution < 1.29 is 14.3 Å². The van der Waals surface area contributed by atoms with Crippen LogP contribution in [-0.4, -0.2) is 35.7 Å². The highest BCUT2D eigenvalue weighted by atomic mass is 19.1. The van der Waals surface area contributed by atoms with Crippen LogP contribution in [0.4, 0.5) is 4.39 Å². The molecule has 0 fully saturated rings. The van der Waals surface area contributed by atoms with E-state index >= 15 is 0 Å². The summed E-state index contributed by atoms with van der Waals surface area (Å²) in [7, 11) is 0. The lowest BCUT2D eigenvalue weighted by atomic mass is 9.94. The first-order valence-electron chi connectivity index (χ1n) is 5.32. The molecule has 0 saturated heterocycles. The number of amidine groups is 1. The van der Waals surface area contributed by atoms with Gasteiger partial charge in [0, 0.05) is 6.54 Å². The number of carbonyl (C=O) groups is 1. The summed E-state index contributed by atoms with van der Waals surface area (Å²) < 4.78 is 12.7. The van der Waals surface area contributed by atoms with Crippen molar-refractivity contribution in [1.82, 2.24) is 0 Å². The lowest BCUT2D eigenvalue weighted by molar-refractivity contribution is -0.142. The molecule has 98 valence electrons. The van der Waals surface area contributed by atoms with Crippen molar-refractivity contribution in [1.29, 1.82) is 0 Å². The Morgan fingerprint density at radius 3 is 2.59 bits per heavy atom. The summed E-state index contributed by atoms with van der Waals surface area (Å²) in [5.74, 6) is -0.679. The Morgan fingerprint density at radius 1 is 1.59 bits per heavy atom. The molecule has 0 aromatic heterocycles. The van der Waals surface area contributed by atoms with Crippen molar-refractivity contribution >= 4 is 11.8 Å². The van der Waals surface area contributed by atoms with Crippen LogP contribution in [0.15, 0.2) is 16.6 Å². The van der Waals surface area contributed by atoms with E-state index in [-0.39, 0.29) is 6.42 Å². The van der Waals surface area contributed by atoms with Gasteiger partial charge in [0.15, 0.2) is 0 Å². The topological polar surface area (TPSA) is 102 Å². The number of rotatable bonds is 7. The summed E-state index contributed by atoms with van der Waals surface area (Å²) in [5.41, 5.74) is 9.81. The number of nitrogens with two attached hydrogens (primary N) is 2. The number of hydrogen-bond acceptors (Lipinski definition) is 3. The van der Waals surface area contributed by atoms with Crippen molar-refractivity contribution in [2.45, 2.75) is 32.2 Å². The fourth-order valence-corrected chi connectivity index (χ4v) is 1.23. The maximum Gasteiger partial charge on any atom is 0.323 e. The van der Waals surface area contributed by atoms with Crippen LogP contribution >= 0.6 is 0 Å². The van der Waals surface area contributed by atoms with Crippen molar-refractivity contribution in [2.75, 3.05) is 13.2 Å². The molecule has 5 N–H and O–H groups in total. The molecule has 0 rings (SSSR count). The molecule has 0 aliphatic carbocycles. The second-order valence-electron chi connectivity index (χ2n) is 4.21. The van der Waals surface area contributed by atoms with Gasteiger partial charge in [-0.2, -0.15) is 0 Å². The van der Waals surface area contributed by atoms with E-state index in [0.717, 1.165) is 0 Å². The van der Waals surface area contributed by atoms with Crippen molar-refractivity contribution in [3.05, 3.63) is 11.6 Å². The largest absolute Gasteiger partial charge is 0.480 e. The molecule has 0 aliphatic heterocycles. The third-order valence-electron chi connectivity index (χ3n) is 2.18. The molecule has 0 unspecified atom stereocenters. The van der Waals surface area contributed by atoms with Crippen molar-refractivity contribution in [3.63, 3.8) is 0 Å².